The number of carbonyl (C=O) groups excluding carboxylic acids is 1. The van der Waals surface area contributed by atoms with Gasteiger partial charge in [0.1, 0.15) is 10.8 Å². The van der Waals surface area contributed by atoms with Crippen molar-refractivity contribution in [3.63, 3.8) is 0 Å². The Morgan fingerprint density at radius 3 is 2.78 bits per heavy atom. The quantitative estimate of drug-likeness (QED) is 0.790. The van der Waals surface area contributed by atoms with Gasteiger partial charge in [-0.3, -0.25) is 4.79 Å². The minimum Gasteiger partial charge on any atom is -0.497 e. The lowest BCUT2D eigenvalue weighted by Gasteiger charge is -2.38. The van der Waals surface area contributed by atoms with Crippen molar-refractivity contribution in [1.82, 2.24) is 15.1 Å². The van der Waals surface area contributed by atoms with Gasteiger partial charge < -0.3 is 14.5 Å². The maximum absolute atomic E-state index is 12.7. The molecule has 0 bridgehead atoms. The average Bonchev–Trinajstić information content (AvgIpc) is 3.28. The summed E-state index contributed by atoms with van der Waals surface area (Å²) in [6.07, 6.45) is 3.67. The number of rotatable bonds is 5. The highest BCUT2D eigenvalue weighted by Gasteiger charge is 2.45. The molecule has 1 amide bonds. The zero-order chi connectivity index (χ0) is 18.9. The van der Waals surface area contributed by atoms with Crippen LogP contribution in [-0.2, 0) is 17.8 Å². The van der Waals surface area contributed by atoms with Crippen LogP contribution < -0.4 is 9.64 Å². The van der Waals surface area contributed by atoms with Crippen molar-refractivity contribution in [1.29, 1.82) is 0 Å². The fraction of sp³-hybridized carbons (Fsp3) is 0.550. The molecule has 2 fully saturated rings. The normalized spacial score (nSPS) is 19.1. The molecule has 2 aliphatic heterocycles. The predicted molar refractivity (Wildman–Crippen MR) is 106 cm³/mol. The molecule has 0 atom stereocenters. The van der Waals surface area contributed by atoms with Gasteiger partial charge in [-0.25, -0.2) is 0 Å². The molecule has 0 saturated carbocycles. The number of nitrogens with zero attached hydrogens (tertiary/aromatic N) is 4. The fourth-order valence-electron chi connectivity index (χ4n) is 4.14. The number of aromatic nitrogens is 2. The van der Waals surface area contributed by atoms with Gasteiger partial charge in [-0.1, -0.05) is 30.4 Å². The molecule has 27 heavy (non-hydrogen) atoms. The van der Waals surface area contributed by atoms with Gasteiger partial charge >= 0.3 is 0 Å². The van der Waals surface area contributed by atoms with Crippen molar-refractivity contribution in [2.45, 2.75) is 39.2 Å². The minimum atomic E-state index is 0.116. The fourth-order valence-corrected chi connectivity index (χ4v) is 4.97. The van der Waals surface area contributed by atoms with Crippen molar-refractivity contribution in [3.8, 4) is 5.75 Å². The lowest BCUT2D eigenvalue weighted by molar-refractivity contribution is -0.128. The Hall–Kier alpha value is -2.15. The summed E-state index contributed by atoms with van der Waals surface area (Å²) in [5.74, 6) is 1.11. The van der Waals surface area contributed by atoms with Gasteiger partial charge in [0.05, 0.1) is 7.11 Å². The highest BCUT2D eigenvalue weighted by Crippen LogP contribution is 2.42. The molecule has 0 N–H and O–H groups in total. The zero-order valence-corrected chi connectivity index (χ0v) is 16.8. The van der Waals surface area contributed by atoms with Gasteiger partial charge in [0.2, 0.25) is 11.0 Å². The molecular formula is C20H26N4O2S. The molecule has 1 aromatic heterocycles. The second-order valence-electron chi connectivity index (χ2n) is 7.60. The molecule has 1 aromatic carbocycles. The number of benzene rings is 1. The molecule has 2 saturated heterocycles. The summed E-state index contributed by atoms with van der Waals surface area (Å²) in [4.78, 5) is 17.0. The lowest BCUT2D eigenvalue weighted by Crippen LogP contribution is -2.41. The molecule has 3 heterocycles. The second kappa shape index (κ2) is 7.46. The third-order valence-electron chi connectivity index (χ3n) is 5.77. The van der Waals surface area contributed by atoms with Crippen molar-refractivity contribution >= 4 is 22.4 Å². The maximum atomic E-state index is 12.7. The Morgan fingerprint density at radius 2 is 2.07 bits per heavy atom. The summed E-state index contributed by atoms with van der Waals surface area (Å²) >= 11 is 1.69. The van der Waals surface area contributed by atoms with Gasteiger partial charge in [-0.15, -0.1) is 10.2 Å². The van der Waals surface area contributed by atoms with E-state index in [4.69, 9.17) is 4.74 Å². The third kappa shape index (κ3) is 3.78. The molecule has 4 rings (SSSR count). The SMILES string of the molecule is CCc1nnc(N2CCC3(CC2)CC(=O)N(Cc2cccc(OC)c2)C3)s1. The second-order valence-corrected chi connectivity index (χ2v) is 8.64. The Bertz CT molecular complexity index is 814. The Balaban J connectivity index is 1.38. The molecule has 0 radical (unpaired) electrons. The van der Waals surface area contributed by atoms with E-state index in [2.05, 4.69) is 28.1 Å². The Labute approximate surface area is 164 Å². The van der Waals surface area contributed by atoms with Crippen LogP contribution >= 0.6 is 11.3 Å². The minimum absolute atomic E-state index is 0.116. The van der Waals surface area contributed by atoms with Gasteiger partial charge in [0.15, 0.2) is 0 Å². The van der Waals surface area contributed by atoms with Gasteiger partial charge in [0.25, 0.3) is 0 Å². The van der Waals surface area contributed by atoms with Gasteiger partial charge in [0, 0.05) is 38.0 Å². The predicted octanol–water partition coefficient (Wildman–Crippen LogP) is 3.13. The van der Waals surface area contributed by atoms with Crippen LogP contribution in [0.2, 0.25) is 0 Å². The molecule has 0 unspecified atom stereocenters. The van der Waals surface area contributed by atoms with E-state index >= 15 is 0 Å². The van der Waals surface area contributed by atoms with E-state index in [9.17, 15) is 4.79 Å². The number of methoxy groups -OCH3 is 1. The molecule has 6 nitrogen and oxygen atoms in total. The van der Waals surface area contributed by atoms with Crippen LogP contribution in [0.15, 0.2) is 24.3 Å². The summed E-state index contributed by atoms with van der Waals surface area (Å²) < 4.78 is 5.30. The summed E-state index contributed by atoms with van der Waals surface area (Å²) in [6.45, 7) is 5.54. The van der Waals surface area contributed by atoms with Crippen molar-refractivity contribution in [2.24, 2.45) is 5.41 Å². The Kier molecular flexibility index (Phi) is 5.04. The van der Waals surface area contributed by atoms with Crippen LogP contribution in [0.4, 0.5) is 5.13 Å². The highest BCUT2D eigenvalue weighted by atomic mass is 32.1. The number of anilines is 1. The van der Waals surface area contributed by atoms with Crippen molar-refractivity contribution < 1.29 is 9.53 Å². The number of hydrogen-bond donors (Lipinski definition) is 0. The number of carbonyl (C=O) groups is 1. The van der Waals surface area contributed by atoms with Crippen molar-refractivity contribution in [2.75, 3.05) is 31.6 Å². The van der Waals surface area contributed by atoms with Gasteiger partial charge in [-0.05, 0) is 37.0 Å². The van der Waals surface area contributed by atoms with Crippen LogP contribution in [0.1, 0.15) is 36.8 Å². The first-order valence-electron chi connectivity index (χ1n) is 9.59. The molecule has 2 aliphatic rings. The highest BCUT2D eigenvalue weighted by molar-refractivity contribution is 7.15. The topological polar surface area (TPSA) is 58.6 Å². The maximum Gasteiger partial charge on any atom is 0.223 e. The smallest absolute Gasteiger partial charge is 0.223 e. The monoisotopic (exact) mass is 386 g/mol. The number of aryl methyl sites for hydroxylation is 1. The average molecular weight is 387 g/mol. The molecular weight excluding hydrogens is 360 g/mol. The van der Waals surface area contributed by atoms with Crippen LogP contribution in [0.25, 0.3) is 0 Å². The molecule has 144 valence electrons. The summed E-state index contributed by atoms with van der Waals surface area (Å²) in [5, 5.41) is 10.7. The molecule has 2 aromatic rings. The Morgan fingerprint density at radius 1 is 1.26 bits per heavy atom. The molecule has 7 heteroatoms. The first-order chi connectivity index (χ1) is 13.1. The van der Waals surface area contributed by atoms with E-state index in [-0.39, 0.29) is 11.3 Å². The molecule has 0 aliphatic carbocycles. The molecule has 1 spiro atoms. The number of hydrogen-bond acceptors (Lipinski definition) is 6. The van der Waals surface area contributed by atoms with E-state index < -0.39 is 0 Å². The van der Waals surface area contributed by atoms with Crippen LogP contribution in [0.5, 0.6) is 5.75 Å². The summed E-state index contributed by atoms with van der Waals surface area (Å²) in [5.41, 5.74) is 1.24. The largest absolute Gasteiger partial charge is 0.497 e. The van der Waals surface area contributed by atoms with Crippen LogP contribution in [0.3, 0.4) is 0 Å². The standard InChI is InChI=1S/C20H26N4O2S/c1-3-17-21-22-19(27-17)23-9-7-20(8-10-23)12-18(25)24(14-20)13-15-5-4-6-16(11-15)26-2/h4-6,11H,3,7-10,12-14H2,1-2H3. The van der Waals surface area contributed by atoms with Crippen molar-refractivity contribution in [3.05, 3.63) is 34.8 Å². The lowest BCUT2D eigenvalue weighted by atomic mass is 9.78. The number of likely N-dealkylation sites (tertiary alicyclic amines) is 1. The van der Waals surface area contributed by atoms with E-state index in [0.717, 1.165) is 60.3 Å². The van der Waals surface area contributed by atoms with Gasteiger partial charge in [-0.2, -0.15) is 0 Å². The van der Waals surface area contributed by atoms with E-state index in [1.165, 1.54) is 0 Å². The zero-order valence-electron chi connectivity index (χ0n) is 16.0. The first kappa shape index (κ1) is 18.2. The number of amides is 1. The summed E-state index contributed by atoms with van der Waals surface area (Å²) in [7, 11) is 1.67. The van der Waals surface area contributed by atoms with E-state index in [0.29, 0.717) is 13.0 Å². The first-order valence-corrected chi connectivity index (χ1v) is 10.4. The van der Waals surface area contributed by atoms with E-state index in [1.807, 2.05) is 23.1 Å². The van der Waals surface area contributed by atoms with E-state index in [1.54, 1.807) is 18.4 Å². The summed E-state index contributed by atoms with van der Waals surface area (Å²) in [6, 6.07) is 7.99. The number of ether oxygens (including phenoxy) is 1. The van der Waals surface area contributed by atoms with Crippen LogP contribution in [-0.4, -0.2) is 47.7 Å². The van der Waals surface area contributed by atoms with Crippen LogP contribution in [0, 0.1) is 5.41 Å². The third-order valence-corrected chi connectivity index (χ3v) is 6.89. The number of piperidine rings is 1.